The summed E-state index contributed by atoms with van der Waals surface area (Å²) in [5, 5.41) is 5.37. The molecule has 6 aromatic carbocycles. The van der Waals surface area contributed by atoms with Gasteiger partial charge in [0.15, 0.2) is 0 Å². The third kappa shape index (κ3) is 5.90. The van der Waals surface area contributed by atoms with Crippen molar-refractivity contribution in [3.63, 3.8) is 0 Å². The van der Waals surface area contributed by atoms with E-state index in [2.05, 4.69) is 171 Å². The van der Waals surface area contributed by atoms with Crippen LogP contribution in [0.25, 0.3) is 49.9 Å². The molecule has 0 saturated heterocycles. The monoisotopic (exact) mass is 759 g/mol. The number of benzene rings is 6. The summed E-state index contributed by atoms with van der Waals surface area (Å²) in [5.74, 6) is -1.07. The molecule has 1 atom stereocenters. The van der Waals surface area contributed by atoms with Gasteiger partial charge in [-0.2, -0.15) is 0 Å². The van der Waals surface area contributed by atoms with Crippen molar-refractivity contribution in [2.45, 2.75) is 95.3 Å². The van der Waals surface area contributed by atoms with Gasteiger partial charge in [-0.15, -0.1) is 0 Å². The van der Waals surface area contributed by atoms with Crippen LogP contribution in [0.4, 0.5) is 0 Å². The molecule has 2 aliphatic carbocycles. The molecule has 257 valence electrons. The molecular weight excluding hydrogens is 708 g/mol. The van der Waals surface area contributed by atoms with Crippen molar-refractivity contribution in [1.82, 2.24) is 0 Å². The van der Waals surface area contributed by atoms with E-state index < -0.39 is 26.8 Å². The summed E-state index contributed by atoms with van der Waals surface area (Å²) in [7, 11) is 0. The van der Waals surface area contributed by atoms with Gasteiger partial charge in [0.25, 0.3) is 0 Å². The van der Waals surface area contributed by atoms with Crippen LogP contribution in [-0.2, 0) is 38.2 Å². The molecule has 51 heavy (non-hydrogen) atoms. The van der Waals surface area contributed by atoms with Crippen LogP contribution in [0, 0.1) is 0 Å². The maximum absolute atomic E-state index is 2.71. The molecule has 1 unspecified atom stereocenters. The van der Waals surface area contributed by atoms with Gasteiger partial charge in [0.05, 0.1) is 0 Å². The minimum atomic E-state index is -2.40. The Labute approximate surface area is 315 Å². The third-order valence-electron chi connectivity index (χ3n) is 11.7. The zero-order valence-electron chi connectivity index (χ0n) is 32.2. The van der Waals surface area contributed by atoms with Crippen molar-refractivity contribution in [3.8, 4) is 22.3 Å². The summed E-state index contributed by atoms with van der Waals surface area (Å²) in [5.41, 5.74) is 17.3. The molecule has 0 radical (unpaired) electrons. The van der Waals surface area contributed by atoms with E-state index in [4.69, 9.17) is 0 Å². The summed E-state index contributed by atoms with van der Waals surface area (Å²) in [4.78, 5) is 0. The van der Waals surface area contributed by atoms with Crippen molar-refractivity contribution in [2.24, 2.45) is 0 Å². The van der Waals surface area contributed by atoms with Crippen molar-refractivity contribution in [1.29, 1.82) is 0 Å². The summed E-state index contributed by atoms with van der Waals surface area (Å²) >= 11 is -2.40. The second-order valence-electron chi connectivity index (χ2n) is 17.6. The molecule has 0 nitrogen and oxygen atoms in total. The first-order valence-electron chi connectivity index (χ1n) is 19.3. The second-order valence-corrected chi connectivity index (χ2v) is 37.0. The molecule has 0 amide bonds. The standard InChI is InChI=1S/C26H21.C21H25.C2H7Si.Zr/c1-2-8-18-15-19-11-7-14-24(25(19)16-18)26-22-12-5-3-9-20(22)17-21-10-4-6-13-23(21)26;1-20(2,3)16-7-9-18-14(12-16)11-15-13-17(21(4,5)6)8-10-19(15)18;1-3-2;/h3-7,9-17H,2,8H2,1H3;7-10,12H,11H2,1-6H3;3H,1-2H3;. The molecule has 0 heterocycles. The van der Waals surface area contributed by atoms with Crippen molar-refractivity contribution in [3.05, 3.63) is 142 Å². The van der Waals surface area contributed by atoms with E-state index in [1.807, 2.05) is 3.27 Å². The van der Waals surface area contributed by atoms with E-state index in [0.29, 0.717) is 3.63 Å². The van der Waals surface area contributed by atoms with Gasteiger partial charge in [-0.05, 0) is 0 Å². The Morgan fingerprint density at radius 3 is 1.98 bits per heavy atom. The number of fused-ring (bicyclic) bond motifs is 6. The fraction of sp³-hybridized carbons (Fsp3) is 0.306. The minimum absolute atomic E-state index is 0.102. The molecule has 0 N–H and O–H groups in total. The molecule has 6 aromatic rings. The third-order valence-corrected chi connectivity index (χ3v) is 31.8. The molecular formula is C49H53SiZr. The van der Waals surface area contributed by atoms with Gasteiger partial charge in [-0.25, -0.2) is 0 Å². The SMILES string of the molecule is CCCC1=Cc2c(-c3c4ccccc4cc4ccccc34)cccc2[CH]1[Zr]([c]1c(C(C)(C)C)ccc2c1Cc1cc(C(C)(C)C)ccc1-2)[SiH](C)C. The summed E-state index contributed by atoms with van der Waals surface area (Å²) in [6, 6.07) is 40.3. The Balaban J connectivity index is 1.37. The molecule has 0 aliphatic heterocycles. The fourth-order valence-corrected chi connectivity index (χ4v) is 31.0. The molecule has 0 saturated carbocycles. The van der Waals surface area contributed by atoms with Crippen LogP contribution in [0.5, 0.6) is 0 Å². The number of allylic oxidation sites excluding steroid dienone is 1. The maximum atomic E-state index is 2.71. The van der Waals surface area contributed by atoms with Crippen LogP contribution in [0.2, 0.25) is 13.1 Å². The van der Waals surface area contributed by atoms with Crippen LogP contribution in [0.1, 0.15) is 98.3 Å². The van der Waals surface area contributed by atoms with Crippen LogP contribution >= 0.6 is 0 Å². The van der Waals surface area contributed by atoms with E-state index in [0.717, 1.165) is 6.42 Å². The zero-order chi connectivity index (χ0) is 35.8. The Morgan fingerprint density at radius 2 is 1.35 bits per heavy atom. The first kappa shape index (κ1) is 34.7. The first-order chi connectivity index (χ1) is 24.4. The van der Waals surface area contributed by atoms with Gasteiger partial charge in [0.2, 0.25) is 0 Å². The van der Waals surface area contributed by atoms with Crippen LogP contribution < -0.4 is 3.27 Å². The van der Waals surface area contributed by atoms with E-state index in [9.17, 15) is 0 Å². The first-order valence-corrected chi connectivity index (χ1v) is 29.1. The van der Waals surface area contributed by atoms with Gasteiger partial charge in [-0.3, -0.25) is 0 Å². The topological polar surface area (TPSA) is 0 Å². The summed E-state index contributed by atoms with van der Waals surface area (Å²) < 4.78 is 2.47. The van der Waals surface area contributed by atoms with Crippen LogP contribution in [0.3, 0.4) is 0 Å². The molecule has 8 rings (SSSR count). The Bertz CT molecular complexity index is 2310. The molecule has 0 aromatic heterocycles. The summed E-state index contributed by atoms with van der Waals surface area (Å²) in [6.45, 7) is 22.3. The number of hydrogen-bond acceptors (Lipinski definition) is 0. The van der Waals surface area contributed by atoms with E-state index >= 15 is 0 Å². The van der Waals surface area contributed by atoms with E-state index in [1.165, 1.54) is 67.8 Å². The zero-order valence-corrected chi connectivity index (χ0v) is 35.8. The van der Waals surface area contributed by atoms with Gasteiger partial charge >= 0.3 is 317 Å². The van der Waals surface area contributed by atoms with Gasteiger partial charge < -0.3 is 0 Å². The Hall–Kier alpha value is -3.32. The number of hydrogen-bond donors (Lipinski definition) is 0. The van der Waals surface area contributed by atoms with Crippen LogP contribution in [0.15, 0.2) is 109 Å². The van der Waals surface area contributed by atoms with Crippen LogP contribution in [-0.4, -0.2) is 5.92 Å². The second kappa shape index (κ2) is 13.0. The molecule has 0 bridgehead atoms. The normalized spacial score (nSPS) is 15.3. The van der Waals surface area contributed by atoms with Gasteiger partial charge in [0, 0.05) is 0 Å². The quantitative estimate of drug-likeness (QED) is 0.117. The van der Waals surface area contributed by atoms with E-state index in [-0.39, 0.29) is 10.8 Å². The molecule has 2 aliphatic rings. The molecule has 0 fully saturated rings. The van der Waals surface area contributed by atoms with Gasteiger partial charge in [-0.1, -0.05) is 0 Å². The predicted molar refractivity (Wildman–Crippen MR) is 223 cm³/mol. The Kier molecular flexibility index (Phi) is 8.83. The summed E-state index contributed by atoms with van der Waals surface area (Å²) in [6.07, 6.45) is 6.17. The average molecular weight is 761 g/mol. The predicted octanol–water partition coefficient (Wildman–Crippen LogP) is 13.0. The average Bonchev–Trinajstić information content (AvgIpc) is 3.64. The van der Waals surface area contributed by atoms with Crippen molar-refractivity contribution < 1.29 is 20.9 Å². The fourth-order valence-electron chi connectivity index (χ4n) is 9.32. The number of rotatable bonds is 6. The molecule has 2 heteroatoms. The van der Waals surface area contributed by atoms with E-state index in [1.54, 1.807) is 27.8 Å². The molecule has 0 spiro atoms. The Morgan fingerprint density at radius 1 is 0.686 bits per heavy atom. The van der Waals surface area contributed by atoms with Crippen molar-refractivity contribution >= 4 is 36.8 Å². The van der Waals surface area contributed by atoms with Crippen molar-refractivity contribution in [2.75, 3.05) is 0 Å². The van der Waals surface area contributed by atoms with Gasteiger partial charge in [0.1, 0.15) is 0 Å².